The molecule has 0 fully saturated rings. The zero-order chi connectivity index (χ0) is 47.0. The number of rotatable bonds is 6. The van der Waals surface area contributed by atoms with Gasteiger partial charge in [-0.25, -0.2) is 0 Å². The van der Waals surface area contributed by atoms with Crippen molar-refractivity contribution in [3.05, 3.63) is 68.3 Å². The SMILES string of the molecule is Cc1[nH]nc(C(C)(C)C)c1B(c1c(C(C)(C)C)n[nH]c1C)c1c(C(C)(C)C)n[nH]c1C.Cc1[nH]nc(C(C)(C)C)c1B(c1c(C(C)(C)C)n[nH]c1C)c1c(C(C)(C)C)n[nH]c1C.[Yb]. The Kier molecular flexibility index (Phi) is 15.0. The van der Waals surface area contributed by atoms with Gasteiger partial charge in [0.25, 0.3) is 13.4 Å². The number of hydrogen-bond donors (Lipinski definition) is 6. The summed E-state index contributed by atoms with van der Waals surface area (Å²) >= 11 is 0. The van der Waals surface area contributed by atoms with Gasteiger partial charge in [-0.3, -0.25) is 30.6 Å². The van der Waals surface area contributed by atoms with E-state index in [4.69, 9.17) is 30.6 Å². The minimum Gasteiger partial charge on any atom is -0.283 e. The van der Waals surface area contributed by atoms with Crippen molar-refractivity contribution in [1.29, 1.82) is 0 Å². The molecule has 0 radical (unpaired) electrons. The van der Waals surface area contributed by atoms with E-state index in [9.17, 15) is 0 Å². The molecular weight excluding hydrogens is 939 g/mol. The van der Waals surface area contributed by atoms with Gasteiger partial charge in [0.2, 0.25) is 0 Å². The smallest absolute Gasteiger partial charge is 0.255 e. The maximum absolute atomic E-state index is 4.78. The molecule has 6 aromatic heterocycles. The number of aromatic amines is 6. The fourth-order valence-electron chi connectivity index (χ4n) is 9.04. The topological polar surface area (TPSA) is 172 Å². The first kappa shape index (κ1) is 52.5. The van der Waals surface area contributed by atoms with E-state index in [-0.39, 0.29) is 92.8 Å². The van der Waals surface area contributed by atoms with Crippen molar-refractivity contribution in [3.63, 3.8) is 0 Å². The van der Waals surface area contributed by atoms with Gasteiger partial charge >= 0.3 is 0 Å². The molecule has 0 aliphatic heterocycles. The molecule has 0 saturated carbocycles. The second-order valence-electron chi connectivity index (χ2n) is 24.0. The number of hydrogen-bond acceptors (Lipinski definition) is 6. The van der Waals surface area contributed by atoms with Gasteiger partial charge in [0.1, 0.15) is 0 Å². The Morgan fingerprint density at radius 1 is 0.254 bits per heavy atom. The average Bonchev–Trinajstić information content (AvgIpc) is 3.94. The summed E-state index contributed by atoms with van der Waals surface area (Å²) in [7, 11) is 0. The molecule has 6 aromatic rings. The fourth-order valence-corrected chi connectivity index (χ4v) is 9.04. The van der Waals surface area contributed by atoms with E-state index in [1.807, 2.05) is 0 Å². The molecule has 0 amide bonds. The van der Waals surface area contributed by atoms with Gasteiger partial charge in [-0.1, -0.05) is 125 Å². The first-order valence-electron chi connectivity index (χ1n) is 22.4. The van der Waals surface area contributed by atoms with E-state index in [1.165, 1.54) is 32.8 Å². The third kappa shape index (κ3) is 10.5. The molecule has 6 N–H and O–H groups in total. The zero-order valence-corrected chi connectivity index (χ0v) is 44.8. The van der Waals surface area contributed by atoms with Crippen molar-refractivity contribution in [3.8, 4) is 0 Å². The van der Waals surface area contributed by atoms with E-state index in [0.717, 1.165) is 68.3 Å². The molecule has 0 aliphatic rings. The van der Waals surface area contributed by atoms with E-state index >= 15 is 0 Å². The van der Waals surface area contributed by atoms with Crippen molar-refractivity contribution in [2.75, 3.05) is 0 Å². The predicted molar refractivity (Wildman–Crippen MR) is 261 cm³/mol. The zero-order valence-electron chi connectivity index (χ0n) is 43.1. The second kappa shape index (κ2) is 17.9. The molecule has 0 spiro atoms. The van der Waals surface area contributed by atoms with Crippen LogP contribution in [0.4, 0.5) is 0 Å². The Hall–Kier alpha value is -3.09. The summed E-state index contributed by atoms with van der Waals surface area (Å²) in [6.07, 6.45) is 0. The van der Waals surface area contributed by atoms with Crippen molar-refractivity contribution in [1.82, 2.24) is 61.2 Å². The average molecular weight is 1020 g/mol. The minimum atomic E-state index is -0.0998. The molecule has 350 valence electrons. The molecular formula is C48H78B2N12Yb. The van der Waals surface area contributed by atoms with Gasteiger partial charge in [0.15, 0.2) is 0 Å². The van der Waals surface area contributed by atoms with Crippen LogP contribution in [0.2, 0.25) is 0 Å². The fraction of sp³-hybridized carbons (Fsp3) is 0.625. The molecule has 0 unspecified atom stereocenters. The van der Waals surface area contributed by atoms with Crippen LogP contribution in [0.1, 0.15) is 193 Å². The van der Waals surface area contributed by atoms with Crippen molar-refractivity contribution in [2.45, 2.75) is 199 Å². The van der Waals surface area contributed by atoms with Crippen LogP contribution in [-0.4, -0.2) is 74.6 Å². The molecule has 0 aliphatic carbocycles. The summed E-state index contributed by atoms with van der Waals surface area (Å²) in [6, 6.07) is 0. The third-order valence-electron chi connectivity index (χ3n) is 12.0. The van der Waals surface area contributed by atoms with Gasteiger partial charge < -0.3 is 0 Å². The number of aromatic nitrogens is 12. The summed E-state index contributed by atoms with van der Waals surface area (Å²) in [5.41, 5.74) is 19.9. The molecule has 12 nitrogen and oxygen atoms in total. The third-order valence-corrected chi connectivity index (χ3v) is 12.0. The first-order chi connectivity index (χ1) is 28.1. The predicted octanol–water partition coefficient (Wildman–Crippen LogP) is 6.38. The van der Waals surface area contributed by atoms with E-state index in [1.54, 1.807) is 0 Å². The number of nitrogens with one attached hydrogen (secondary N) is 6. The van der Waals surface area contributed by atoms with E-state index in [0.29, 0.717) is 0 Å². The summed E-state index contributed by atoms with van der Waals surface area (Å²) in [4.78, 5) is 0. The number of H-pyrrole nitrogens is 6. The molecule has 6 heterocycles. The monoisotopic (exact) mass is 1020 g/mol. The largest absolute Gasteiger partial charge is 0.283 e. The Balaban J connectivity index is 0.000000272. The summed E-state index contributed by atoms with van der Waals surface area (Å²) < 4.78 is 0. The molecule has 63 heavy (non-hydrogen) atoms. The van der Waals surface area contributed by atoms with Crippen molar-refractivity contribution < 1.29 is 46.9 Å². The molecule has 6 rings (SSSR count). The maximum atomic E-state index is 4.78. The molecule has 0 aromatic carbocycles. The Bertz CT molecular complexity index is 2060. The standard InChI is InChI=1S/2C24H39BN6.Yb/c2*1-13-16(19(29-26-13)22(4,5)6)25(17-14(2)27-30-20(17)23(7,8)9)18-15(3)28-31-21(18)24(10,11)12;/h2*1-12H3,(H,26,29)(H,27,30)(H,28,31);. The summed E-state index contributed by atoms with van der Waals surface area (Å²) in [5, 5.41) is 48.5. The van der Waals surface area contributed by atoms with Gasteiger partial charge in [-0.05, 0) is 74.3 Å². The van der Waals surface area contributed by atoms with Crippen molar-refractivity contribution >= 4 is 46.2 Å². The van der Waals surface area contributed by atoms with Crippen LogP contribution < -0.4 is 32.8 Å². The van der Waals surface area contributed by atoms with Crippen LogP contribution in [0, 0.1) is 88.5 Å². The van der Waals surface area contributed by atoms with Crippen molar-refractivity contribution in [2.24, 2.45) is 0 Å². The normalized spacial score (nSPS) is 13.0. The van der Waals surface area contributed by atoms with Crippen LogP contribution in [-0.2, 0) is 32.5 Å². The molecule has 0 bridgehead atoms. The molecule has 0 atom stereocenters. The number of nitrogens with zero attached hydrogens (tertiary/aromatic N) is 6. The van der Waals surface area contributed by atoms with Crippen LogP contribution in [0.3, 0.4) is 0 Å². The minimum absolute atomic E-state index is 0. The van der Waals surface area contributed by atoms with Gasteiger partial charge in [0, 0.05) is 114 Å². The summed E-state index contributed by atoms with van der Waals surface area (Å²) in [5.74, 6) is 0. The van der Waals surface area contributed by atoms with Crippen LogP contribution in [0.5, 0.6) is 0 Å². The Morgan fingerprint density at radius 2 is 0.365 bits per heavy atom. The quantitative estimate of drug-likeness (QED) is 0.106. The Labute approximate surface area is 417 Å². The van der Waals surface area contributed by atoms with Crippen LogP contribution in [0.15, 0.2) is 0 Å². The Morgan fingerprint density at radius 3 is 0.460 bits per heavy atom. The van der Waals surface area contributed by atoms with Gasteiger partial charge in [-0.2, -0.15) is 30.6 Å². The number of aryl methyl sites for hydroxylation is 6. The first-order valence-corrected chi connectivity index (χ1v) is 22.4. The van der Waals surface area contributed by atoms with E-state index < -0.39 is 0 Å². The van der Waals surface area contributed by atoms with E-state index in [2.05, 4.69) is 197 Å². The molecule has 0 saturated heterocycles. The molecule has 15 heteroatoms. The van der Waals surface area contributed by atoms with Crippen LogP contribution >= 0.6 is 0 Å². The van der Waals surface area contributed by atoms with Crippen LogP contribution in [0.25, 0.3) is 0 Å². The maximum Gasteiger partial charge on any atom is 0.255 e. The van der Waals surface area contributed by atoms with Gasteiger partial charge in [0.05, 0.1) is 34.2 Å². The summed E-state index contributed by atoms with van der Waals surface area (Å²) in [6.45, 7) is 52.8. The van der Waals surface area contributed by atoms with Gasteiger partial charge in [-0.15, -0.1) is 0 Å². The second-order valence-corrected chi connectivity index (χ2v) is 24.0.